The summed E-state index contributed by atoms with van der Waals surface area (Å²) in [5, 5.41) is 31.3. The number of aliphatic hydroxyl groups is 2. The van der Waals surface area contributed by atoms with E-state index in [2.05, 4.69) is 6.58 Å². The van der Waals surface area contributed by atoms with E-state index in [0.717, 1.165) is 22.3 Å². The Kier molecular flexibility index (Phi) is 5.56. The molecule has 0 radical (unpaired) electrons. The number of rotatable bonds is 7. The van der Waals surface area contributed by atoms with Crippen molar-refractivity contribution in [1.82, 2.24) is 0 Å². The summed E-state index contributed by atoms with van der Waals surface area (Å²) >= 11 is 0. The Balaban J connectivity index is 1.61. The van der Waals surface area contributed by atoms with Crippen molar-refractivity contribution in [2.45, 2.75) is 38.9 Å². The first-order chi connectivity index (χ1) is 15.1. The van der Waals surface area contributed by atoms with Gasteiger partial charge in [0.1, 0.15) is 11.5 Å². The average molecular weight is 437 g/mol. The van der Waals surface area contributed by atoms with Gasteiger partial charge in [0.05, 0.1) is 5.41 Å². The number of aryl methyl sites for hydroxylation is 1. The van der Waals surface area contributed by atoms with Crippen LogP contribution < -0.4 is 0 Å². The first-order valence-electron chi connectivity index (χ1n) is 11.1. The highest BCUT2D eigenvalue weighted by Gasteiger charge is 2.79. The van der Waals surface area contributed by atoms with Crippen molar-refractivity contribution < 1.29 is 24.9 Å². The number of aliphatic hydroxyl groups excluding tert-OH is 1. The molecule has 5 heteroatoms. The van der Waals surface area contributed by atoms with Crippen LogP contribution in [0.15, 0.2) is 60.7 Å². The summed E-state index contributed by atoms with van der Waals surface area (Å²) in [6.07, 6.45) is 1.15. The lowest BCUT2D eigenvalue weighted by Crippen LogP contribution is -2.55. The second-order valence-corrected chi connectivity index (χ2v) is 9.75. The third kappa shape index (κ3) is 2.99. The van der Waals surface area contributed by atoms with Gasteiger partial charge in [-0.05, 0) is 47.6 Å². The molecule has 2 aliphatic rings. The summed E-state index contributed by atoms with van der Waals surface area (Å²) in [6, 6.07) is 15.0. The number of carbonyl (C=O) groups is 1. The number of fused-ring (bicyclic) bond motifs is 2. The van der Waals surface area contributed by atoms with Crippen LogP contribution in [0.2, 0.25) is 0 Å². The Morgan fingerprint density at radius 3 is 2.44 bits per heavy atom. The summed E-state index contributed by atoms with van der Waals surface area (Å²) in [5.41, 5.74) is 1.85. The molecule has 0 amide bonds. The number of hydrogen-bond acceptors (Lipinski definition) is 5. The van der Waals surface area contributed by atoms with Gasteiger partial charge in [0.25, 0.3) is 0 Å². The largest absolute Gasteiger partial charge is 0.508 e. The number of phenols is 1. The number of ether oxygens (including phenoxy) is 1. The minimum atomic E-state index is -1.67. The lowest BCUT2D eigenvalue weighted by Gasteiger charge is -2.46. The zero-order valence-corrected chi connectivity index (χ0v) is 19.0. The molecule has 0 spiro atoms. The molecule has 5 nitrogen and oxygen atoms in total. The van der Waals surface area contributed by atoms with Gasteiger partial charge in [0.2, 0.25) is 0 Å². The molecule has 0 aliphatic heterocycles. The van der Waals surface area contributed by atoms with Gasteiger partial charge >= 0.3 is 0 Å². The van der Waals surface area contributed by atoms with Crippen LogP contribution in [0.4, 0.5) is 0 Å². The highest BCUT2D eigenvalue weighted by molar-refractivity contribution is 5.89. The lowest BCUT2D eigenvalue weighted by molar-refractivity contribution is -0.253. The molecule has 2 bridgehead atoms. The standard InChI is InChI=1S/C27H32O5/c1-17-24-21(16-28)15-26(25(17,2)3,27(24,31)32-4)23(30)12-11-18-7-5-8-19(13-18)20-9-6-10-22(29)14-20/h5-10,13-14,21,24,28-29,31H,1,11-12,15-16H2,2-4H3/t21-,24-,26-,27-/m1/s1. The third-order valence-electron chi connectivity index (χ3n) is 8.09. The van der Waals surface area contributed by atoms with Crippen molar-refractivity contribution in [2.24, 2.45) is 22.7 Å². The van der Waals surface area contributed by atoms with Crippen LogP contribution in [0.3, 0.4) is 0 Å². The zero-order valence-electron chi connectivity index (χ0n) is 19.0. The van der Waals surface area contributed by atoms with Gasteiger partial charge in [-0.25, -0.2) is 0 Å². The molecule has 0 saturated heterocycles. The quantitative estimate of drug-likeness (QED) is 0.449. The molecule has 32 heavy (non-hydrogen) atoms. The van der Waals surface area contributed by atoms with Gasteiger partial charge in [-0.1, -0.05) is 62.4 Å². The predicted octanol–water partition coefficient (Wildman–Crippen LogP) is 4.11. The molecule has 0 heterocycles. The van der Waals surface area contributed by atoms with Crippen molar-refractivity contribution in [1.29, 1.82) is 0 Å². The SMILES string of the molecule is C=C1[C@@H]2[C@@H](CO)C[C@@](C(=O)CCc3cccc(-c4cccc(O)c4)c3)(C1(C)C)[C@]2(O)OC. The Morgan fingerprint density at radius 2 is 1.81 bits per heavy atom. The summed E-state index contributed by atoms with van der Waals surface area (Å²) in [6.45, 7) is 7.99. The van der Waals surface area contributed by atoms with Crippen molar-refractivity contribution >= 4 is 5.78 Å². The number of benzene rings is 2. The van der Waals surface area contributed by atoms with Gasteiger partial charge < -0.3 is 20.1 Å². The van der Waals surface area contributed by atoms with Crippen LogP contribution >= 0.6 is 0 Å². The van der Waals surface area contributed by atoms with E-state index >= 15 is 0 Å². The number of ketones is 1. The topological polar surface area (TPSA) is 87.0 Å². The Labute approximate surface area is 189 Å². The van der Waals surface area contributed by atoms with Gasteiger partial charge in [-0.3, -0.25) is 4.79 Å². The Bertz CT molecular complexity index is 1060. The van der Waals surface area contributed by atoms with E-state index in [-0.39, 0.29) is 30.5 Å². The molecule has 0 unspecified atom stereocenters. The van der Waals surface area contributed by atoms with Crippen LogP contribution in [0.5, 0.6) is 5.75 Å². The molecule has 2 saturated carbocycles. The minimum absolute atomic E-state index is 0.0609. The normalized spacial score (nSPS) is 30.6. The number of hydrogen-bond donors (Lipinski definition) is 3. The van der Waals surface area contributed by atoms with E-state index in [1.807, 2.05) is 44.2 Å². The van der Waals surface area contributed by atoms with E-state index < -0.39 is 22.5 Å². The van der Waals surface area contributed by atoms with Crippen molar-refractivity contribution in [3.05, 3.63) is 66.2 Å². The van der Waals surface area contributed by atoms with E-state index in [1.54, 1.807) is 18.2 Å². The molecular formula is C27H32O5. The van der Waals surface area contributed by atoms with Gasteiger partial charge in [-0.15, -0.1) is 0 Å². The highest BCUT2D eigenvalue weighted by atomic mass is 16.6. The molecule has 2 aliphatic carbocycles. The second kappa shape index (κ2) is 7.84. The van der Waals surface area contributed by atoms with E-state index in [9.17, 15) is 20.1 Å². The molecule has 4 atom stereocenters. The number of Topliss-reactive ketones (excluding diaryl/α,β-unsaturated/α-hetero) is 1. The maximum Gasteiger partial charge on any atom is 0.185 e. The predicted molar refractivity (Wildman–Crippen MR) is 123 cm³/mol. The van der Waals surface area contributed by atoms with Crippen LogP contribution in [0.1, 0.15) is 32.3 Å². The highest BCUT2D eigenvalue weighted by Crippen LogP contribution is 2.73. The fourth-order valence-corrected chi connectivity index (χ4v) is 6.33. The Hall–Kier alpha value is -2.47. The molecule has 3 N–H and O–H groups in total. The maximum absolute atomic E-state index is 13.8. The zero-order chi connectivity index (χ0) is 23.3. The molecule has 2 fully saturated rings. The van der Waals surface area contributed by atoms with Crippen molar-refractivity contribution in [2.75, 3.05) is 13.7 Å². The fourth-order valence-electron chi connectivity index (χ4n) is 6.33. The van der Waals surface area contributed by atoms with Crippen LogP contribution in [-0.2, 0) is 16.0 Å². The second-order valence-electron chi connectivity index (χ2n) is 9.75. The fraction of sp³-hybridized carbons (Fsp3) is 0.444. The van der Waals surface area contributed by atoms with Gasteiger partial charge in [0, 0.05) is 31.5 Å². The van der Waals surface area contributed by atoms with Crippen molar-refractivity contribution in [3.8, 4) is 16.9 Å². The summed E-state index contributed by atoms with van der Waals surface area (Å²) in [5.74, 6) is -2.24. The number of carbonyl (C=O) groups excluding carboxylic acids is 1. The third-order valence-corrected chi connectivity index (χ3v) is 8.09. The molecule has 2 aromatic carbocycles. The van der Waals surface area contributed by atoms with E-state index in [4.69, 9.17) is 4.74 Å². The van der Waals surface area contributed by atoms with Gasteiger partial charge in [0.15, 0.2) is 5.79 Å². The van der Waals surface area contributed by atoms with Gasteiger partial charge in [-0.2, -0.15) is 0 Å². The minimum Gasteiger partial charge on any atom is -0.508 e. The monoisotopic (exact) mass is 436 g/mol. The first kappa shape index (κ1) is 22.7. The number of phenolic OH excluding ortho intramolecular Hbond substituents is 1. The summed E-state index contributed by atoms with van der Waals surface area (Å²) in [4.78, 5) is 13.8. The summed E-state index contributed by atoms with van der Waals surface area (Å²) in [7, 11) is 1.43. The molecule has 170 valence electrons. The van der Waals surface area contributed by atoms with E-state index in [1.165, 1.54) is 7.11 Å². The molecule has 4 rings (SSSR count). The Morgan fingerprint density at radius 1 is 1.16 bits per heavy atom. The number of aromatic hydroxyl groups is 1. The first-order valence-corrected chi connectivity index (χ1v) is 11.1. The molecule has 2 aromatic rings. The lowest BCUT2D eigenvalue weighted by atomic mass is 9.58. The average Bonchev–Trinajstić information content (AvgIpc) is 3.13. The molecule has 0 aromatic heterocycles. The maximum atomic E-state index is 13.8. The summed E-state index contributed by atoms with van der Waals surface area (Å²) < 4.78 is 5.63. The van der Waals surface area contributed by atoms with Crippen LogP contribution in [-0.4, -0.2) is 40.6 Å². The van der Waals surface area contributed by atoms with Crippen LogP contribution in [0, 0.1) is 22.7 Å². The van der Waals surface area contributed by atoms with E-state index in [0.29, 0.717) is 12.8 Å². The number of methoxy groups -OCH3 is 1. The van der Waals surface area contributed by atoms with Crippen molar-refractivity contribution in [3.63, 3.8) is 0 Å². The smallest absolute Gasteiger partial charge is 0.185 e. The van der Waals surface area contributed by atoms with Crippen LogP contribution in [0.25, 0.3) is 11.1 Å². The molecular weight excluding hydrogens is 404 g/mol.